The zero-order valence-corrected chi connectivity index (χ0v) is 14.7. The summed E-state index contributed by atoms with van der Waals surface area (Å²) in [5.41, 5.74) is 3.66. The van der Waals surface area contributed by atoms with Crippen molar-refractivity contribution in [3.8, 4) is 0 Å². The van der Waals surface area contributed by atoms with Gasteiger partial charge in [0.05, 0.1) is 11.3 Å². The van der Waals surface area contributed by atoms with E-state index in [1.54, 1.807) is 11.8 Å². The molecule has 1 N–H and O–H groups in total. The Morgan fingerprint density at radius 3 is 2.91 bits per heavy atom. The van der Waals surface area contributed by atoms with E-state index in [1.807, 2.05) is 13.0 Å². The van der Waals surface area contributed by atoms with E-state index >= 15 is 0 Å². The predicted molar refractivity (Wildman–Crippen MR) is 97.0 cm³/mol. The second kappa shape index (κ2) is 7.35. The van der Waals surface area contributed by atoms with Crippen molar-refractivity contribution in [2.45, 2.75) is 56.9 Å². The molecule has 1 atom stereocenters. The van der Waals surface area contributed by atoms with Crippen LogP contribution >= 0.6 is 11.8 Å². The number of carbonyl (C=O) groups excluding carboxylic acids is 1. The molecule has 2 aromatic rings. The molecule has 3 nitrogen and oxygen atoms in total. The number of thioether (sulfide) groups is 1. The topological polar surface area (TPSA) is 42.0 Å². The summed E-state index contributed by atoms with van der Waals surface area (Å²) in [7, 11) is 0. The first-order valence-electron chi connectivity index (χ1n) is 8.51. The van der Waals surface area contributed by atoms with Crippen molar-refractivity contribution in [1.29, 1.82) is 0 Å². The van der Waals surface area contributed by atoms with Crippen molar-refractivity contribution < 1.29 is 4.79 Å². The SMILES string of the molecule is CC[C@H](C)NC(=O)CSc1c2c(nc3ccccc13)CCCC2. The molecule has 0 unspecified atom stereocenters. The third-order valence-corrected chi connectivity index (χ3v) is 5.65. The molecule has 0 saturated carbocycles. The molecular formula is C19H24N2OS. The number of amides is 1. The number of nitrogens with zero attached hydrogens (tertiary/aromatic N) is 1. The smallest absolute Gasteiger partial charge is 0.230 e. The third kappa shape index (κ3) is 3.69. The van der Waals surface area contributed by atoms with Gasteiger partial charge in [0.2, 0.25) is 5.91 Å². The van der Waals surface area contributed by atoms with Gasteiger partial charge in [0.25, 0.3) is 0 Å². The van der Waals surface area contributed by atoms with E-state index in [-0.39, 0.29) is 11.9 Å². The average molecular weight is 328 g/mol. The first-order valence-corrected chi connectivity index (χ1v) is 9.50. The summed E-state index contributed by atoms with van der Waals surface area (Å²) in [6.07, 6.45) is 5.55. The quantitative estimate of drug-likeness (QED) is 0.840. The Hall–Kier alpha value is -1.55. The molecule has 0 saturated heterocycles. The van der Waals surface area contributed by atoms with Crippen molar-refractivity contribution in [2.75, 3.05) is 5.75 Å². The maximum Gasteiger partial charge on any atom is 0.230 e. The fourth-order valence-electron chi connectivity index (χ4n) is 3.05. The number of hydrogen-bond acceptors (Lipinski definition) is 3. The van der Waals surface area contributed by atoms with Crippen molar-refractivity contribution in [2.24, 2.45) is 0 Å². The first-order chi connectivity index (χ1) is 11.2. The number of rotatable bonds is 5. The van der Waals surface area contributed by atoms with E-state index in [2.05, 4.69) is 30.4 Å². The van der Waals surface area contributed by atoms with Crippen LogP contribution in [-0.2, 0) is 17.6 Å². The van der Waals surface area contributed by atoms with E-state index in [9.17, 15) is 4.79 Å². The van der Waals surface area contributed by atoms with Crippen LogP contribution in [0.25, 0.3) is 10.9 Å². The van der Waals surface area contributed by atoms with Gasteiger partial charge >= 0.3 is 0 Å². The van der Waals surface area contributed by atoms with E-state index in [0.29, 0.717) is 5.75 Å². The summed E-state index contributed by atoms with van der Waals surface area (Å²) in [6, 6.07) is 8.54. The molecule has 0 spiro atoms. The predicted octanol–water partition coefficient (Wildman–Crippen LogP) is 4.12. The zero-order valence-electron chi connectivity index (χ0n) is 13.9. The molecule has 1 aromatic carbocycles. The lowest BCUT2D eigenvalue weighted by atomic mass is 9.94. The van der Waals surface area contributed by atoms with Crippen LogP contribution in [0.15, 0.2) is 29.2 Å². The molecule has 1 aliphatic rings. The average Bonchev–Trinajstić information content (AvgIpc) is 2.58. The van der Waals surface area contributed by atoms with Gasteiger partial charge in [-0.2, -0.15) is 0 Å². The summed E-state index contributed by atoms with van der Waals surface area (Å²) >= 11 is 1.67. The molecule has 1 aromatic heterocycles. The molecule has 3 rings (SSSR count). The van der Waals surface area contributed by atoms with Gasteiger partial charge in [-0.05, 0) is 50.7 Å². The Kier molecular flexibility index (Phi) is 5.21. The largest absolute Gasteiger partial charge is 0.353 e. The molecule has 23 heavy (non-hydrogen) atoms. The lowest BCUT2D eigenvalue weighted by Crippen LogP contribution is -2.33. The molecule has 0 radical (unpaired) electrons. The number of hydrogen-bond donors (Lipinski definition) is 1. The fraction of sp³-hybridized carbons (Fsp3) is 0.474. The summed E-state index contributed by atoms with van der Waals surface area (Å²) in [4.78, 5) is 18.3. The summed E-state index contributed by atoms with van der Waals surface area (Å²) < 4.78 is 0. The van der Waals surface area contributed by atoms with Gasteiger partial charge in [-0.1, -0.05) is 25.1 Å². The number of carbonyl (C=O) groups is 1. The lowest BCUT2D eigenvalue weighted by molar-refractivity contribution is -0.119. The number of aryl methyl sites for hydroxylation is 1. The van der Waals surface area contributed by atoms with Gasteiger partial charge in [0.1, 0.15) is 0 Å². The van der Waals surface area contributed by atoms with Gasteiger partial charge in [-0.3, -0.25) is 9.78 Å². The molecule has 1 amide bonds. The standard InChI is InChI=1S/C19H24N2OS/c1-3-13(2)20-18(22)12-23-19-14-8-4-6-10-16(14)21-17-11-7-5-9-15(17)19/h4,6,8,10,13H,3,5,7,9,11-12H2,1-2H3,(H,20,22)/t13-/m0/s1. The molecule has 122 valence electrons. The van der Waals surface area contributed by atoms with E-state index in [0.717, 1.165) is 24.8 Å². The Bertz CT molecular complexity index is 714. The Morgan fingerprint density at radius 1 is 1.30 bits per heavy atom. The van der Waals surface area contributed by atoms with E-state index in [1.165, 1.54) is 34.4 Å². The second-order valence-corrected chi connectivity index (χ2v) is 7.24. The molecular weight excluding hydrogens is 304 g/mol. The van der Waals surface area contributed by atoms with Gasteiger partial charge in [0.15, 0.2) is 0 Å². The van der Waals surface area contributed by atoms with Crippen LogP contribution in [0.2, 0.25) is 0 Å². The molecule has 4 heteroatoms. The van der Waals surface area contributed by atoms with Crippen LogP contribution in [-0.4, -0.2) is 22.7 Å². The van der Waals surface area contributed by atoms with Crippen molar-refractivity contribution in [1.82, 2.24) is 10.3 Å². The third-order valence-electron chi connectivity index (χ3n) is 4.48. The monoisotopic (exact) mass is 328 g/mol. The Labute approximate surface area is 142 Å². The summed E-state index contributed by atoms with van der Waals surface area (Å²) in [5, 5.41) is 4.24. The molecule has 0 fully saturated rings. The van der Waals surface area contributed by atoms with Gasteiger partial charge in [-0.15, -0.1) is 11.8 Å². The van der Waals surface area contributed by atoms with Gasteiger partial charge in [0, 0.05) is 22.0 Å². The van der Waals surface area contributed by atoms with E-state index < -0.39 is 0 Å². The summed E-state index contributed by atoms with van der Waals surface area (Å²) in [5.74, 6) is 0.597. The fourth-order valence-corrected chi connectivity index (χ4v) is 4.13. The van der Waals surface area contributed by atoms with Crippen LogP contribution in [0.5, 0.6) is 0 Å². The highest BCUT2D eigenvalue weighted by Gasteiger charge is 2.19. The van der Waals surface area contributed by atoms with Crippen LogP contribution in [0, 0.1) is 0 Å². The first kappa shape index (κ1) is 16.3. The molecule has 0 aliphatic heterocycles. The minimum Gasteiger partial charge on any atom is -0.353 e. The zero-order chi connectivity index (χ0) is 16.2. The molecule has 1 aliphatic carbocycles. The maximum absolute atomic E-state index is 12.1. The Balaban J connectivity index is 1.88. The second-order valence-electron chi connectivity index (χ2n) is 6.26. The molecule has 0 bridgehead atoms. The number of pyridine rings is 1. The number of aromatic nitrogens is 1. The number of benzene rings is 1. The number of fused-ring (bicyclic) bond motifs is 2. The highest BCUT2D eigenvalue weighted by molar-refractivity contribution is 8.00. The minimum absolute atomic E-state index is 0.120. The summed E-state index contributed by atoms with van der Waals surface area (Å²) in [6.45, 7) is 4.14. The number of para-hydroxylation sites is 1. The van der Waals surface area contributed by atoms with Crippen molar-refractivity contribution >= 4 is 28.6 Å². The van der Waals surface area contributed by atoms with Crippen LogP contribution in [0.3, 0.4) is 0 Å². The number of nitrogens with one attached hydrogen (secondary N) is 1. The van der Waals surface area contributed by atoms with Crippen molar-refractivity contribution in [3.63, 3.8) is 0 Å². The highest BCUT2D eigenvalue weighted by atomic mass is 32.2. The lowest BCUT2D eigenvalue weighted by Gasteiger charge is -2.20. The normalized spacial score (nSPS) is 15.2. The minimum atomic E-state index is 0.120. The van der Waals surface area contributed by atoms with Crippen LogP contribution < -0.4 is 5.32 Å². The van der Waals surface area contributed by atoms with Crippen molar-refractivity contribution in [3.05, 3.63) is 35.5 Å². The Morgan fingerprint density at radius 2 is 2.09 bits per heavy atom. The maximum atomic E-state index is 12.1. The van der Waals surface area contributed by atoms with Gasteiger partial charge in [-0.25, -0.2) is 0 Å². The van der Waals surface area contributed by atoms with Gasteiger partial charge < -0.3 is 5.32 Å². The van der Waals surface area contributed by atoms with Crippen LogP contribution in [0.1, 0.15) is 44.4 Å². The highest BCUT2D eigenvalue weighted by Crippen LogP contribution is 2.35. The van der Waals surface area contributed by atoms with E-state index in [4.69, 9.17) is 4.98 Å². The van der Waals surface area contributed by atoms with Crippen LogP contribution in [0.4, 0.5) is 0 Å². The molecule has 1 heterocycles.